The number of hydrogen-bond donors (Lipinski definition) is 0. The molecule has 0 aliphatic heterocycles. The molecule has 2 unspecified atom stereocenters. The van der Waals surface area contributed by atoms with Crippen molar-refractivity contribution in [3.8, 4) is 0 Å². The van der Waals surface area contributed by atoms with Gasteiger partial charge in [0.15, 0.2) is 0 Å². The number of halogens is 3. The van der Waals surface area contributed by atoms with E-state index in [-0.39, 0.29) is 16.3 Å². The quantitative estimate of drug-likeness (QED) is 0.719. The monoisotopic (exact) mass is 276 g/mol. The Hall–Kier alpha value is -0.440. The zero-order valence-corrected chi connectivity index (χ0v) is 10.5. The maximum Gasteiger partial charge on any atom is 0.129 e. The summed E-state index contributed by atoms with van der Waals surface area (Å²) in [5.74, 6) is -0.625. The molecule has 0 radical (unpaired) electrons. The predicted molar refractivity (Wildman–Crippen MR) is 62.2 cm³/mol. The van der Waals surface area contributed by atoms with E-state index < -0.39 is 11.6 Å². The third kappa shape index (κ3) is 3.26. The van der Waals surface area contributed by atoms with Crippen molar-refractivity contribution in [3.63, 3.8) is 0 Å². The SMILES string of the molecule is CCC(Cc1c(F)cccc1F)C(C)Br. The highest BCUT2D eigenvalue weighted by molar-refractivity contribution is 9.09. The molecule has 15 heavy (non-hydrogen) atoms. The summed E-state index contributed by atoms with van der Waals surface area (Å²) in [5, 5.41) is 0. The van der Waals surface area contributed by atoms with Gasteiger partial charge >= 0.3 is 0 Å². The molecule has 0 saturated heterocycles. The number of alkyl halides is 1. The van der Waals surface area contributed by atoms with E-state index in [0.717, 1.165) is 6.42 Å². The Morgan fingerprint density at radius 2 is 1.80 bits per heavy atom. The summed E-state index contributed by atoms with van der Waals surface area (Å²) >= 11 is 3.46. The molecule has 1 aromatic carbocycles. The Morgan fingerprint density at radius 1 is 1.27 bits per heavy atom. The van der Waals surface area contributed by atoms with Gasteiger partial charge in [-0.1, -0.05) is 42.3 Å². The second-order valence-electron chi connectivity index (χ2n) is 3.75. The summed E-state index contributed by atoms with van der Waals surface area (Å²) < 4.78 is 26.7. The summed E-state index contributed by atoms with van der Waals surface area (Å²) in [6.07, 6.45) is 1.35. The van der Waals surface area contributed by atoms with Gasteiger partial charge in [0, 0.05) is 10.4 Å². The van der Waals surface area contributed by atoms with E-state index in [4.69, 9.17) is 0 Å². The molecule has 0 nitrogen and oxygen atoms in total. The molecule has 0 amide bonds. The molecule has 0 aromatic heterocycles. The number of hydrogen-bond acceptors (Lipinski definition) is 0. The van der Waals surface area contributed by atoms with Crippen LogP contribution >= 0.6 is 15.9 Å². The highest BCUT2D eigenvalue weighted by atomic mass is 79.9. The zero-order chi connectivity index (χ0) is 11.4. The van der Waals surface area contributed by atoms with Crippen molar-refractivity contribution in [1.82, 2.24) is 0 Å². The van der Waals surface area contributed by atoms with E-state index in [1.807, 2.05) is 13.8 Å². The van der Waals surface area contributed by atoms with Crippen molar-refractivity contribution in [2.24, 2.45) is 5.92 Å². The van der Waals surface area contributed by atoms with Crippen LogP contribution in [0, 0.1) is 17.6 Å². The van der Waals surface area contributed by atoms with E-state index in [1.165, 1.54) is 18.2 Å². The first-order valence-electron chi connectivity index (χ1n) is 5.13. The van der Waals surface area contributed by atoms with E-state index in [2.05, 4.69) is 15.9 Å². The molecular formula is C12H15BrF2. The van der Waals surface area contributed by atoms with Crippen LogP contribution in [0.3, 0.4) is 0 Å². The number of rotatable bonds is 4. The lowest BCUT2D eigenvalue weighted by Gasteiger charge is -2.18. The first-order valence-corrected chi connectivity index (χ1v) is 6.04. The summed E-state index contributed by atoms with van der Waals surface area (Å²) in [6, 6.07) is 4.01. The van der Waals surface area contributed by atoms with E-state index >= 15 is 0 Å². The average Bonchev–Trinajstić information content (AvgIpc) is 2.17. The molecule has 3 heteroatoms. The standard InChI is InChI=1S/C12H15BrF2/c1-3-9(8(2)13)7-10-11(14)5-4-6-12(10)15/h4-6,8-9H,3,7H2,1-2H3. The van der Waals surface area contributed by atoms with Gasteiger partial charge in [0.25, 0.3) is 0 Å². The topological polar surface area (TPSA) is 0 Å². The van der Waals surface area contributed by atoms with Crippen LogP contribution in [0.25, 0.3) is 0 Å². The van der Waals surface area contributed by atoms with Gasteiger partial charge in [0.1, 0.15) is 11.6 Å². The summed E-state index contributed by atoms with van der Waals surface area (Å²) in [5.41, 5.74) is 0.204. The molecule has 0 saturated carbocycles. The molecule has 0 bridgehead atoms. The molecule has 84 valence electrons. The van der Waals surface area contributed by atoms with Crippen molar-refractivity contribution >= 4 is 15.9 Å². The minimum absolute atomic E-state index is 0.204. The molecule has 0 heterocycles. The fourth-order valence-corrected chi connectivity index (χ4v) is 2.18. The van der Waals surface area contributed by atoms with Crippen molar-refractivity contribution < 1.29 is 8.78 Å². The zero-order valence-electron chi connectivity index (χ0n) is 8.93. The van der Waals surface area contributed by atoms with Gasteiger partial charge in [-0.25, -0.2) is 8.78 Å². The normalized spacial score (nSPS) is 15.0. The van der Waals surface area contributed by atoms with Gasteiger partial charge in [0.05, 0.1) is 0 Å². The highest BCUT2D eigenvalue weighted by Gasteiger charge is 2.17. The fraction of sp³-hybridized carbons (Fsp3) is 0.500. The third-order valence-corrected chi connectivity index (χ3v) is 3.45. The van der Waals surface area contributed by atoms with E-state index in [9.17, 15) is 8.78 Å². The molecule has 2 atom stereocenters. The fourth-order valence-electron chi connectivity index (χ4n) is 1.62. The van der Waals surface area contributed by atoms with Crippen LogP contribution in [0.2, 0.25) is 0 Å². The van der Waals surface area contributed by atoms with Crippen LogP contribution in [0.5, 0.6) is 0 Å². The molecule has 0 fully saturated rings. The Kier molecular flexibility index (Phi) is 4.71. The maximum absolute atomic E-state index is 13.4. The lowest BCUT2D eigenvalue weighted by Crippen LogP contribution is -2.14. The molecule has 0 spiro atoms. The Morgan fingerprint density at radius 3 is 2.20 bits per heavy atom. The molecule has 1 aromatic rings. The summed E-state index contributed by atoms with van der Waals surface area (Å²) in [4.78, 5) is 0.265. The summed E-state index contributed by atoms with van der Waals surface area (Å²) in [7, 11) is 0. The molecular weight excluding hydrogens is 262 g/mol. The van der Waals surface area contributed by atoms with Crippen LogP contribution in [0.4, 0.5) is 8.78 Å². The second kappa shape index (κ2) is 5.59. The predicted octanol–water partition coefficient (Wildman–Crippen LogP) is 4.32. The molecule has 0 aliphatic rings. The van der Waals surface area contributed by atoms with E-state index in [1.54, 1.807) is 0 Å². The van der Waals surface area contributed by atoms with Crippen LogP contribution in [0.1, 0.15) is 25.8 Å². The molecule has 0 N–H and O–H groups in total. The van der Waals surface area contributed by atoms with Gasteiger partial charge in [-0.3, -0.25) is 0 Å². The van der Waals surface area contributed by atoms with Crippen molar-refractivity contribution in [3.05, 3.63) is 35.4 Å². The maximum atomic E-state index is 13.4. The Labute approximate surface area is 97.8 Å². The van der Waals surface area contributed by atoms with Crippen LogP contribution < -0.4 is 0 Å². The summed E-state index contributed by atoms with van der Waals surface area (Å²) in [6.45, 7) is 4.04. The van der Waals surface area contributed by atoms with Crippen LogP contribution in [-0.2, 0) is 6.42 Å². The highest BCUT2D eigenvalue weighted by Crippen LogP contribution is 2.24. The average molecular weight is 277 g/mol. The minimum Gasteiger partial charge on any atom is -0.207 e. The first-order chi connectivity index (χ1) is 7.06. The molecule has 0 aliphatic carbocycles. The van der Waals surface area contributed by atoms with Crippen molar-refractivity contribution in [2.75, 3.05) is 0 Å². The second-order valence-corrected chi connectivity index (χ2v) is 5.19. The van der Waals surface area contributed by atoms with Crippen LogP contribution in [-0.4, -0.2) is 4.83 Å². The largest absolute Gasteiger partial charge is 0.207 e. The van der Waals surface area contributed by atoms with Crippen molar-refractivity contribution in [2.45, 2.75) is 31.5 Å². The minimum atomic E-state index is -0.443. The Bertz CT molecular complexity index is 303. The third-order valence-electron chi connectivity index (χ3n) is 2.70. The molecule has 1 rings (SSSR count). The lowest BCUT2D eigenvalue weighted by atomic mass is 9.94. The van der Waals surface area contributed by atoms with Gasteiger partial charge in [0.2, 0.25) is 0 Å². The van der Waals surface area contributed by atoms with Gasteiger partial charge in [-0.05, 0) is 24.5 Å². The smallest absolute Gasteiger partial charge is 0.129 e. The first kappa shape index (κ1) is 12.6. The Balaban J connectivity index is 2.87. The van der Waals surface area contributed by atoms with E-state index in [0.29, 0.717) is 6.42 Å². The van der Waals surface area contributed by atoms with Gasteiger partial charge in [-0.15, -0.1) is 0 Å². The number of benzene rings is 1. The lowest BCUT2D eigenvalue weighted by molar-refractivity contribution is 0.470. The van der Waals surface area contributed by atoms with Crippen LogP contribution in [0.15, 0.2) is 18.2 Å². The van der Waals surface area contributed by atoms with Crippen molar-refractivity contribution in [1.29, 1.82) is 0 Å². The van der Waals surface area contributed by atoms with Gasteiger partial charge < -0.3 is 0 Å². The van der Waals surface area contributed by atoms with Gasteiger partial charge in [-0.2, -0.15) is 0 Å².